The van der Waals surface area contributed by atoms with Crippen molar-refractivity contribution in [2.75, 3.05) is 31.6 Å². The van der Waals surface area contributed by atoms with Gasteiger partial charge in [0.15, 0.2) is 5.82 Å². The Kier molecular flexibility index (Phi) is 4.90. The van der Waals surface area contributed by atoms with Crippen LogP contribution in [0.2, 0.25) is 0 Å². The Hall–Kier alpha value is -3.09. The third kappa shape index (κ3) is 4.18. The molecule has 1 saturated heterocycles. The number of amides is 1. The predicted molar refractivity (Wildman–Crippen MR) is 111 cm³/mol. The maximum atomic E-state index is 12.3. The summed E-state index contributed by atoms with van der Waals surface area (Å²) in [7, 11) is 1.65. The maximum Gasteiger partial charge on any atom is 0.410 e. The van der Waals surface area contributed by atoms with Gasteiger partial charge in [0.05, 0.1) is 12.8 Å². The van der Waals surface area contributed by atoms with E-state index in [1.165, 1.54) is 5.57 Å². The van der Waals surface area contributed by atoms with Crippen LogP contribution in [0.3, 0.4) is 0 Å². The van der Waals surface area contributed by atoms with E-state index in [0.29, 0.717) is 19.0 Å². The second-order valence-electron chi connectivity index (χ2n) is 8.42. The first-order valence-electron chi connectivity index (χ1n) is 9.76. The van der Waals surface area contributed by atoms with Gasteiger partial charge in [-0.05, 0) is 62.7 Å². The number of fused-ring (bicyclic) bond motifs is 1. The highest BCUT2D eigenvalue weighted by molar-refractivity contribution is 5.70. The number of methoxy groups -OCH3 is 1. The van der Waals surface area contributed by atoms with Crippen molar-refractivity contribution in [3.05, 3.63) is 48.2 Å². The van der Waals surface area contributed by atoms with Gasteiger partial charge in [0.2, 0.25) is 0 Å². The molecule has 1 fully saturated rings. The number of benzene rings is 1. The van der Waals surface area contributed by atoms with Gasteiger partial charge in [0.25, 0.3) is 0 Å². The second-order valence-corrected chi connectivity index (χ2v) is 8.42. The average Bonchev–Trinajstić information content (AvgIpc) is 3.26. The molecule has 0 aliphatic carbocycles. The molecule has 0 spiro atoms. The lowest BCUT2D eigenvalue weighted by atomic mass is 10.1. The van der Waals surface area contributed by atoms with Crippen molar-refractivity contribution in [2.24, 2.45) is 5.92 Å². The summed E-state index contributed by atoms with van der Waals surface area (Å²) in [6.07, 6.45) is 1.84. The number of hydrogen-bond donors (Lipinski definition) is 0. The number of ether oxygens (including phenoxy) is 2. The Bertz CT molecular complexity index is 917. The van der Waals surface area contributed by atoms with Crippen LogP contribution in [-0.2, 0) is 4.74 Å². The Balaban J connectivity index is 1.41. The molecule has 1 unspecified atom stereocenters. The molecule has 7 nitrogen and oxygen atoms in total. The van der Waals surface area contributed by atoms with Crippen LogP contribution in [-0.4, -0.2) is 53.5 Å². The SMILES string of the molecule is COc1ccc(-c2ccc(N3C=C4CN(C(=O)OC(C)(C)C)CC4C3)nn2)cc1. The molecule has 4 rings (SSSR count). The van der Waals surface area contributed by atoms with Crippen molar-refractivity contribution in [1.82, 2.24) is 15.1 Å². The van der Waals surface area contributed by atoms with Crippen LogP contribution >= 0.6 is 0 Å². The first kappa shape index (κ1) is 19.2. The largest absolute Gasteiger partial charge is 0.497 e. The molecule has 1 aromatic heterocycles. The molecule has 152 valence electrons. The van der Waals surface area contributed by atoms with E-state index >= 15 is 0 Å². The maximum absolute atomic E-state index is 12.3. The van der Waals surface area contributed by atoms with Gasteiger partial charge in [-0.2, -0.15) is 0 Å². The molecule has 3 heterocycles. The summed E-state index contributed by atoms with van der Waals surface area (Å²) in [6.45, 7) is 7.73. The van der Waals surface area contributed by atoms with Crippen LogP contribution in [0.5, 0.6) is 5.75 Å². The lowest BCUT2D eigenvalue weighted by molar-refractivity contribution is 0.0291. The average molecular weight is 394 g/mol. The monoisotopic (exact) mass is 394 g/mol. The lowest BCUT2D eigenvalue weighted by Gasteiger charge is -2.25. The molecule has 29 heavy (non-hydrogen) atoms. The molecule has 0 N–H and O–H groups in total. The number of carbonyl (C=O) groups is 1. The summed E-state index contributed by atoms with van der Waals surface area (Å²) < 4.78 is 10.7. The zero-order valence-electron chi connectivity index (χ0n) is 17.3. The second kappa shape index (κ2) is 7.39. The van der Waals surface area contributed by atoms with Gasteiger partial charge >= 0.3 is 6.09 Å². The molecule has 2 aromatic rings. The summed E-state index contributed by atoms with van der Waals surface area (Å²) in [4.78, 5) is 16.2. The third-order valence-corrected chi connectivity index (χ3v) is 5.06. The van der Waals surface area contributed by atoms with Gasteiger partial charge in [-0.15, -0.1) is 10.2 Å². The van der Waals surface area contributed by atoms with E-state index in [9.17, 15) is 4.79 Å². The molecule has 0 saturated carbocycles. The van der Waals surface area contributed by atoms with Crippen LogP contribution in [0.25, 0.3) is 11.3 Å². The van der Waals surface area contributed by atoms with Crippen molar-refractivity contribution in [3.63, 3.8) is 0 Å². The zero-order chi connectivity index (χ0) is 20.6. The van der Waals surface area contributed by atoms with Gasteiger partial charge < -0.3 is 19.3 Å². The standard InChI is InChI=1S/C22H26N4O3/c1-22(2,3)29-21(27)26-13-16-11-25(12-17(16)14-26)20-10-9-19(23-24-20)15-5-7-18(28-4)8-6-15/h5-11,17H,12-14H2,1-4H3. The number of hydrogen-bond acceptors (Lipinski definition) is 6. The topological polar surface area (TPSA) is 67.8 Å². The molecule has 2 aliphatic heterocycles. The van der Waals surface area contributed by atoms with E-state index in [1.807, 2.05) is 57.2 Å². The van der Waals surface area contributed by atoms with Gasteiger partial charge in [-0.25, -0.2) is 4.79 Å². The van der Waals surface area contributed by atoms with E-state index in [4.69, 9.17) is 9.47 Å². The van der Waals surface area contributed by atoms with E-state index in [0.717, 1.165) is 29.4 Å². The summed E-state index contributed by atoms with van der Waals surface area (Å²) in [5.74, 6) is 1.94. The smallest absolute Gasteiger partial charge is 0.410 e. The van der Waals surface area contributed by atoms with Gasteiger partial charge in [0, 0.05) is 37.3 Å². The van der Waals surface area contributed by atoms with Crippen LogP contribution < -0.4 is 9.64 Å². The molecule has 7 heteroatoms. The Morgan fingerprint density at radius 2 is 1.83 bits per heavy atom. The molecule has 1 atom stereocenters. The summed E-state index contributed by atoms with van der Waals surface area (Å²) in [5.41, 5.74) is 2.57. The fourth-order valence-corrected chi connectivity index (χ4v) is 3.63. The van der Waals surface area contributed by atoms with E-state index in [1.54, 1.807) is 12.0 Å². The minimum absolute atomic E-state index is 0.247. The molecule has 0 radical (unpaired) electrons. The molecular weight excluding hydrogens is 368 g/mol. The van der Waals surface area contributed by atoms with Gasteiger partial charge in [0.1, 0.15) is 11.4 Å². The molecule has 0 bridgehead atoms. The highest BCUT2D eigenvalue weighted by Gasteiger charge is 2.37. The summed E-state index contributed by atoms with van der Waals surface area (Å²) in [6, 6.07) is 11.7. The van der Waals surface area contributed by atoms with E-state index in [-0.39, 0.29) is 6.09 Å². The van der Waals surface area contributed by atoms with E-state index in [2.05, 4.69) is 21.3 Å². The Morgan fingerprint density at radius 1 is 1.07 bits per heavy atom. The van der Waals surface area contributed by atoms with Crippen molar-refractivity contribution in [1.29, 1.82) is 0 Å². The van der Waals surface area contributed by atoms with Crippen molar-refractivity contribution < 1.29 is 14.3 Å². The summed E-state index contributed by atoms with van der Waals surface area (Å²) >= 11 is 0. The number of likely N-dealkylation sites (tertiary alicyclic amines) is 1. The minimum Gasteiger partial charge on any atom is -0.497 e. The van der Waals surface area contributed by atoms with Crippen molar-refractivity contribution >= 4 is 11.9 Å². The van der Waals surface area contributed by atoms with Crippen LogP contribution in [0.1, 0.15) is 20.8 Å². The number of rotatable bonds is 3. The minimum atomic E-state index is -0.476. The van der Waals surface area contributed by atoms with Gasteiger partial charge in [-0.1, -0.05) is 0 Å². The normalized spacial score (nSPS) is 18.5. The quantitative estimate of drug-likeness (QED) is 0.790. The van der Waals surface area contributed by atoms with Crippen molar-refractivity contribution in [3.8, 4) is 17.0 Å². The molecule has 2 aliphatic rings. The number of carbonyl (C=O) groups excluding carboxylic acids is 1. The van der Waals surface area contributed by atoms with E-state index < -0.39 is 5.60 Å². The van der Waals surface area contributed by atoms with Crippen LogP contribution in [0.15, 0.2) is 48.2 Å². The highest BCUT2D eigenvalue weighted by atomic mass is 16.6. The van der Waals surface area contributed by atoms with Crippen LogP contribution in [0, 0.1) is 5.92 Å². The van der Waals surface area contributed by atoms with Crippen molar-refractivity contribution in [2.45, 2.75) is 26.4 Å². The fourth-order valence-electron chi connectivity index (χ4n) is 3.63. The Morgan fingerprint density at radius 3 is 2.41 bits per heavy atom. The molecular formula is C22H26N4O3. The zero-order valence-corrected chi connectivity index (χ0v) is 17.3. The first-order valence-corrected chi connectivity index (χ1v) is 9.76. The van der Waals surface area contributed by atoms with Gasteiger partial charge in [-0.3, -0.25) is 0 Å². The fraction of sp³-hybridized carbons (Fsp3) is 0.409. The predicted octanol–water partition coefficient (Wildman–Crippen LogP) is 3.72. The molecule has 1 amide bonds. The molecule has 1 aromatic carbocycles. The summed E-state index contributed by atoms with van der Waals surface area (Å²) in [5, 5.41) is 8.78. The third-order valence-electron chi connectivity index (χ3n) is 5.06. The number of aromatic nitrogens is 2. The highest BCUT2D eigenvalue weighted by Crippen LogP contribution is 2.33. The van der Waals surface area contributed by atoms with Crippen LogP contribution in [0.4, 0.5) is 10.6 Å². The Labute approximate surface area is 170 Å². The lowest BCUT2D eigenvalue weighted by Crippen LogP contribution is -2.36. The number of anilines is 1. The first-order chi connectivity index (χ1) is 13.8. The number of nitrogens with zero attached hydrogens (tertiary/aromatic N) is 4.